The highest BCUT2D eigenvalue weighted by molar-refractivity contribution is 6.35. The standard InChI is InChI=1S/C16H9Cl2F2NO2/c17-8-4-5-11(18)9(6-8)16-10(7-22)15(21-23-16)14-12(19)2-1-3-13(14)20/h1-6,22H,7H2. The Kier molecular flexibility index (Phi) is 4.35. The van der Waals surface area contributed by atoms with E-state index in [0.717, 1.165) is 12.1 Å². The fraction of sp³-hybridized carbons (Fsp3) is 0.0625. The van der Waals surface area contributed by atoms with Crippen LogP contribution in [0.4, 0.5) is 8.78 Å². The molecule has 3 aromatic rings. The van der Waals surface area contributed by atoms with Crippen molar-refractivity contribution in [2.75, 3.05) is 0 Å². The predicted octanol–water partition coefficient (Wildman–Crippen LogP) is 5.09. The van der Waals surface area contributed by atoms with Gasteiger partial charge >= 0.3 is 0 Å². The van der Waals surface area contributed by atoms with Crippen LogP contribution in [0, 0.1) is 11.6 Å². The molecule has 118 valence electrons. The van der Waals surface area contributed by atoms with Gasteiger partial charge in [-0.1, -0.05) is 34.4 Å². The van der Waals surface area contributed by atoms with Crippen molar-refractivity contribution < 1.29 is 18.4 Å². The first-order valence-electron chi connectivity index (χ1n) is 6.52. The molecule has 0 radical (unpaired) electrons. The third kappa shape index (κ3) is 2.83. The lowest BCUT2D eigenvalue weighted by Crippen LogP contribution is -1.95. The average molecular weight is 356 g/mol. The number of halogens is 4. The van der Waals surface area contributed by atoms with Gasteiger partial charge in [-0.3, -0.25) is 0 Å². The van der Waals surface area contributed by atoms with Crippen molar-refractivity contribution in [2.24, 2.45) is 0 Å². The van der Waals surface area contributed by atoms with Crippen LogP contribution in [0.25, 0.3) is 22.6 Å². The second-order valence-electron chi connectivity index (χ2n) is 4.72. The monoisotopic (exact) mass is 355 g/mol. The van der Waals surface area contributed by atoms with Gasteiger partial charge in [0.15, 0.2) is 5.76 Å². The van der Waals surface area contributed by atoms with E-state index in [1.807, 2.05) is 0 Å². The van der Waals surface area contributed by atoms with E-state index in [-0.39, 0.29) is 22.6 Å². The summed E-state index contributed by atoms with van der Waals surface area (Å²) in [4.78, 5) is 0. The van der Waals surface area contributed by atoms with E-state index in [1.165, 1.54) is 12.1 Å². The molecule has 1 N–H and O–H groups in total. The van der Waals surface area contributed by atoms with E-state index in [4.69, 9.17) is 27.7 Å². The third-order valence-electron chi connectivity index (χ3n) is 3.32. The van der Waals surface area contributed by atoms with Gasteiger partial charge in [0.05, 0.1) is 22.8 Å². The second-order valence-corrected chi connectivity index (χ2v) is 5.56. The van der Waals surface area contributed by atoms with Crippen LogP contribution in [0.2, 0.25) is 10.0 Å². The lowest BCUT2D eigenvalue weighted by atomic mass is 10.0. The Balaban J connectivity index is 2.24. The minimum atomic E-state index is -0.809. The molecule has 0 spiro atoms. The number of benzene rings is 2. The number of rotatable bonds is 3. The Morgan fingerprint density at radius 3 is 2.43 bits per heavy atom. The number of hydrogen-bond donors (Lipinski definition) is 1. The molecule has 2 aromatic carbocycles. The molecule has 1 heterocycles. The van der Waals surface area contributed by atoms with Gasteiger partial charge in [-0.2, -0.15) is 0 Å². The molecule has 0 aliphatic rings. The van der Waals surface area contributed by atoms with Gasteiger partial charge in [-0.05, 0) is 30.3 Å². The number of aromatic nitrogens is 1. The molecule has 0 amide bonds. The van der Waals surface area contributed by atoms with Crippen LogP contribution < -0.4 is 0 Å². The number of nitrogens with zero attached hydrogens (tertiary/aromatic N) is 1. The summed E-state index contributed by atoms with van der Waals surface area (Å²) in [7, 11) is 0. The van der Waals surface area contributed by atoms with Crippen LogP contribution >= 0.6 is 23.2 Å². The number of hydrogen-bond acceptors (Lipinski definition) is 3. The van der Waals surface area contributed by atoms with Crippen molar-refractivity contribution >= 4 is 23.2 Å². The molecule has 0 aliphatic heterocycles. The van der Waals surface area contributed by atoms with Crippen LogP contribution in [0.1, 0.15) is 5.56 Å². The smallest absolute Gasteiger partial charge is 0.174 e. The third-order valence-corrected chi connectivity index (χ3v) is 3.88. The van der Waals surface area contributed by atoms with Crippen LogP contribution in [-0.2, 0) is 6.61 Å². The van der Waals surface area contributed by atoms with Crippen molar-refractivity contribution in [3.63, 3.8) is 0 Å². The highest BCUT2D eigenvalue weighted by Gasteiger charge is 2.24. The van der Waals surface area contributed by atoms with Gasteiger partial charge in [-0.25, -0.2) is 8.78 Å². The topological polar surface area (TPSA) is 46.3 Å². The van der Waals surface area contributed by atoms with Gasteiger partial charge in [0.2, 0.25) is 0 Å². The summed E-state index contributed by atoms with van der Waals surface area (Å²) in [6.07, 6.45) is 0. The van der Waals surface area contributed by atoms with E-state index in [0.29, 0.717) is 15.6 Å². The van der Waals surface area contributed by atoms with E-state index in [1.54, 1.807) is 12.1 Å². The van der Waals surface area contributed by atoms with Crippen molar-refractivity contribution in [3.05, 3.63) is 63.6 Å². The molecule has 3 rings (SSSR count). The van der Waals surface area contributed by atoms with Crippen LogP contribution in [0.5, 0.6) is 0 Å². The molecule has 0 aliphatic carbocycles. The maximum atomic E-state index is 14.0. The Hall–Kier alpha value is -1.95. The molecule has 3 nitrogen and oxygen atoms in total. The summed E-state index contributed by atoms with van der Waals surface area (Å²) in [6.45, 7) is -0.537. The number of aliphatic hydroxyl groups excluding tert-OH is 1. The van der Waals surface area contributed by atoms with Crippen LogP contribution in [0.15, 0.2) is 40.9 Å². The van der Waals surface area contributed by atoms with E-state index < -0.39 is 18.2 Å². The summed E-state index contributed by atoms with van der Waals surface area (Å²) in [5, 5.41) is 14.0. The molecule has 7 heteroatoms. The fourth-order valence-electron chi connectivity index (χ4n) is 2.26. The van der Waals surface area contributed by atoms with Crippen molar-refractivity contribution in [2.45, 2.75) is 6.61 Å². The first kappa shape index (κ1) is 15.9. The Morgan fingerprint density at radius 1 is 1.09 bits per heavy atom. The van der Waals surface area contributed by atoms with E-state index >= 15 is 0 Å². The lowest BCUT2D eigenvalue weighted by molar-refractivity contribution is 0.281. The Labute approximate surface area is 140 Å². The summed E-state index contributed by atoms with van der Waals surface area (Å²) in [5.41, 5.74) is 0.00993. The van der Waals surface area contributed by atoms with E-state index in [2.05, 4.69) is 5.16 Å². The zero-order chi connectivity index (χ0) is 16.6. The van der Waals surface area contributed by atoms with E-state index in [9.17, 15) is 13.9 Å². The minimum Gasteiger partial charge on any atom is -0.391 e. The molecule has 0 saturated carbocycles. The van der Waals surface area contributed by atoms with Gasteiger partial charge in [-0.15, -0.1) is 0 Å². The SMILES string of the molecule is OCc1c(-c2c(F)cccc2F)noc1-c1cc(Cl)ccc1Cl. The molecule has 0 fully saturated rings. The molecule has 23 heavy (non-hydrogen) atoms. The molecular weight excluding hydrogens is 347 g/mol. The lowest BCUT2D eigenvalue weighted by Gasteiger charge is -2.05. The molecule has 0 atom stereocenters. The Morgan fingerprint density at radius 2 is 1.78 bits per heavy atom. The average Bonchev–Trinajstić information content (AvgIpc) is 2.93. The fourth-order valence-corrected chi connectivity index (χ4v) is 2.63. The molecule has 0 saturated heterocycles. The van der Waals surface area contributed by atoms with Gasteiger partial charge < -0.3 is 9.63 Å². The van der Waals surface area contributed by atoms with Crippen LogP contribution in [-0.4, -0.2) is 10.3 Å². The predicted molar refractivity (Wildman–Crippen MR) is 83.2 cm³/mol. The molecule has 0 unspecified atom stereocenters. The highest BCUT2D eigenvalue weighted by Crippen LogP contribution is 2.38. The van der Waals surface area contributed by atoms with Crippen molar-refractivity contribution in [3.8, 4) is 22.6 Å². The highest BCUT2D eigenvalue weighted by atomic mass is 35.5. The van der Waals surface area contributed by atoms with Gasteiger partial charge in [0.25, 0.3) is 0 Å². The van der Waals surface area contributed by atoms with Gasteiger partial charge in [0.1, 0.15) is 17.3 Å². The maximum absolute atomic E-state index is 14.0. The summed E-state index contributed by atoms with van der Waals surface area (Å²) >= 11 is 12.0. The van der Waals surface area contributed by atoms with Crippen LogP contribution in [0.3, 0.4) is 0 Å². The molecule has 1 aromatic heterocycles. The second kappa shape index (κ2) is 6.28. The Bertz CT molecular complexity index is 860. The van der Waals surface area contributed by atoms with Crippen molar-refractivity contribution in [1.29, 1.82) is 0 Å². The summed E-state index contributed by atoms with van der Waals surface area (Å²) in [5.74, 6) is -1.51. The normalized spacial score (nSPS) is 11.0. The summed E-state index contributed by atoms with van der Waals surface area (Å²) < 4.78 is 33.1. The quantitative estimate of drug-likeness (QED) is 0.711. The van der Waals surface area contributed by atoms with Gasteiger partial charge in [0, 0.05) is 10.6 Å². The largest absolute Gasteiger partial charge is 0.391 e. The first-order valence-corrected chi connectivity index (χ1v) is 7.27. The summed E-state index contributed by atoms with van der Waals surface area (Å²) in [6, 6.07) is 8.08. The van der Waals surface area contributed by atoms with Crippen molar-refractivity contribution in [1.82, 2.24) is 5.16 Å². The minimum absolute atomic E-state index is 0.109. The number of aliphatic hydroxyl groups is 1. The zero-order valence-electron chi connectivity index (χ0n) is 11.5. The first-order chi connectivity index (χ1) is 11.0. The zero-order valence-corrected chi connectivity index (χ0v) is 13.0. The molecular formula is C16H9Cl2F2NO2. The maximum Gasteiger partial charge on any atom is 0.174 e. The molecule has 0 bridgehead atoms.